The van der Waals surface area contributed by atoms with Crippen LogP contribution in [0.4, 0.5) is 4.79 Å². The zero-order chi connectivity index (χ0) is 28.5. The van der Waals surface area contributed by atoms with Crippen LogP contribution in [0.2, 0.25) is 0 Å². The molecule has 3 aliphatic carbocycles. The molecular formula is C30H42N4O5S. The standard InChI is InChI=1S/C30H42N4O5S/c1-28(2)21-11-13-30(28,24(18-21)32-27(36)34-23(26(35)39-3)8-9-25(34)31)19-40(37,38)33-16-14-29(15-17-33)12-10-20-6-4-5-7-22(20)29/h4-7,21,23-24,31H,8-19H2,1-3H3,(H,32,36)/t21-,23+,24+,30-/m1/s1. The van der Waals surface area contributed by atoms with Crippen LogP contribution in [0, 0.1) is 22.2 Å². The lowest BCUT2D eigenvalue weighted by atomic mass is 9.69. The van der Waals surface area contributed by atoms with Gasteiger partial charge in [0.1, 0.15) is 11.9 Å². The number of carbonyl (C=O) groups is 2. The maximum absolute atomic E-state index is 14.1. The van der Waals surface area contributed by atoms with Crippen molar-refractivity contribution in [1.82, 2.24) is 14.5 Å². The molecule has 1 spiro atoms. The highest BCUT2D eigenvalue weighted by Crippen LogP contribution is 2.66. The van der Waals surface area contributed by atoms with Crippen LogP contribution in [0.15, 0.2) is 24.3 Å². The van der Waals surface area contributed by atoms with Gasteiger partial charge in [-0.25, -0.2) is 22.3 Å². The van der Waals surface area contributed by atoms with Crippen LogP contribution in [0.25, 0.3) is 0 Å². The second-order valence-electron chi connectivity index (χ2n) is 13.3. The van der Waals surface area contributed by atoms with Crippen LogP contribution in [-0.2, 0) is 31.4 Å². The van der Waals surface area contributed by atoms with Crippen molar-refractivity contribution in [3.63, 3.8) is 0 Å². The average molecular weight is 571 g/mol. The molecule has 2 amide bonds. The van der Waals surface area contributed by atoms with E-state index >= 15 is 0 Å². The molecule has 218 valence electrons. The number of hydrogen-bond acceptors (Lipinski definition) is 6. The van der Waals surface area contributed by atoms with Gasteiger partial charge >= 0.3 is 12.0 Å². The first-order valence-electron chi connectivity index (χ1n) is 14.8. The molecule has 10 heteroatoms. The highest BCUT2D eigenvalue weighted by atomic mass is 32.2. The van der Waals surface area contributed by atoms with Gasteiger partial charge in [-0.2, -0.15) is 0 Å². The number of sulfonamides is 1. The molecule has 9 nitrogen and oxygen atoms in total. The summed E-state index contributed by atoms with van der Waals surface area (Å²) < 4.78 is 34.8. The van der Waals surface area contributed by atoms with E-state index < -0.39 is 33.5 Å². The molecule has 2 N–H and O–H groups in total. The van der Waals surface area contributed by atoms with Gasteiger partial charge in [-0.3, -0.25) is 10.3 Å². The SMILES string of the molecule is COC(=O)[C@@H]1CCC(=N)N1C(=O)N[C@H]1C[C@H]2CC[C@]1(CS(=O)(=O)N1CCC3(CCc4ccccc43)CC1)C2(C)C. The van der Waals surface area contributed by atoms with Crippen LogP contribution < -0.4 is 5.32 Å². The smallest absolute Gasteiger partial charge is 0.329 e. The third-order valence-electron chi connectivity index (χ3n) is 11.7. The zero-order valence-electron chi connectivity index (χ0n) is 23.9. The number of urea groups is 1. The Labute approximate surface area is 237 Å². The Kier molecular flexibility index (Phi) is 6.61. The number of methoxy groups -OCH3 is 1. The number of rotatable bonds is 5. The van der Waals surface area contributed by atoms with E-state index in [4.69, 9.17) is 10.1 Å². The van der Waals surface area contributed by atoms with Gasteiger partial charge in [-0.15, -0.1) is 0 Å². The lowest BCUT2D eigenvalue weighted by molar-refractivity contribution is -0.144. The summed E-state index contributed by atoms with van der Waals surface area (Å²) in [5, 5.41) is 11.4. The van der Waals surface area contributed by atoms with Crippen molar-refractivity contribution in [2.45, 2.75) is 89.1 Å². The summed E-state index contributed by atoms with van der Waals surface area (Å²) in [6.45, 7) is 5.36. The fraction of sp³-hybridized carbons (Fsp3) is 0.700. The molecule has 4 fully saturated rings. The van der Waals surface area contributed by atoms with Gasteiger partial charge in [0, 0.05) is 31.0 Å². The molecule has 0 unspecified atom stereocenters. The number of amidine groups is 1. The Bertz CT molecular complexity index is 1340. The number of likely N-dealkylation sites (tertiary alicyclic amines) is 1. The molecule has 6 rings (SSSR count). The summed E-state index contributed by atoms with van der Waals surface area (Å²) in [6.07, 6.45) is 6.90. The Balaban J connectivity index is 1.20. The summed E-state index contributed by atoms with van der Waals surface area (Å²) in [7, 11) is -2.30. The van der Waals surface area contributed by atoms with Crippen molar-refractivity contribution in [3.8, 4) is 0 Å². The molecule has 4 atom stereocenters. The van der Waals surface area contributed by atoms with E-state index in [0.717, 1.165) is 38.5 Å². The largest absolute Gasteiger partial charge is 0.467 e. The molecule has 2 bridgehead atoms. The topological polar surface area (TPSA) is 120 Å². The first-order chi connectivity index (χ1) is 18.9. The van der Waals surface area contributed by atoms with Gasteiger partial charge in [0.2, 0.25) is 10.0 Å². The van der Waals surface area contributed by atoms with E-state index in [0.29, 0.717) is 38.3 Å². The highest BCUT2D eigenvalue weighted by Gasteiger charge is 2.66. The van der Waals surface area contributed by atoms with Crippen LogP contribution >= 0.6 is 0 Å². The van der Waals surface area contributed by atoms with Gasteiger partial charge in [0.15, 0.2) is 0 Å². The maximum Gasteiger partial charge on any atom is 0.329 e. The highest BCUT2D eigenvalue weighted by molar-refractivity contribution is 7.89. The van der Waals surface area contributed by atoms with Gasteiger partial charge in [-0.05, 0) is 79.2 Å². The number of fused-ring (bicyclic) bond motifs is 4. The maximum atomic E-state index is 14.1. The third-order valence-corrected chi connectivity index (χ3v) is 13.7. The Hall–Kier alpha value is -2.46. The Morgan fingerprint density at radius 3 is 2.50 bits per heavy atom. The molecular weight excluding hydrogens is 528 g/mol. The van der Waals surface area contributed by atoms with E-state index in [9.17, 15) is 18.0 Å². The van der Waals surface area contributed by atoms with Gasteiger partial charge in [0.05, 0.1) is 12.9 Å². The van der Waals surface area contributed by atoms with Crippen molar-refractivity contribution < 1.29 is 22.7 Å². The van der Waals surface area contributed by atoms with Crippen molar-refractivity contribution in [1.29, 1.82) is 5.41 Å². The predicted octanol–water partition coefficient (Wildman–Crippen LogP) is 3.82. The monoisotopic (exact) mass is 570 g/mol. The minimum Gasteiger partial charge on any atom is -0.467 e. The minimum atomic E-state index is -3.58. The van der Waals surface area contributed by atoms with E-state index in [1.807, 2.05) is 0 Å². The number of nitrogens with zero attached hydrogens (tertiary/aromatic N) is 2. The molecule has 2 saturated carbocycles. The first kappa shape index (κ1) is 27.7. The van der Waals surface area contributed by atoms with Crippen molar-refractivity contribution in [2.24, 2.45) is 16.7 Å². The molecule has 1 aromatic carbocycles. The number of esters is 1. The Morgan fingerprint density at radius 1 is 1.07 bits per heavy atom. The summed E-state index contributed by atoms with van der Waals surface area (Å²) >= 11 is 0. The Morgan fingerprint density at radius 2 is 1.80 bits per heavy atom. The van der Waals surface area contributed by atoms with E-state index in [-0.39, 0.29) is 28.5 Å². The van der Waals surface area contributed by atoms with Gasteiger partial charge < -0.3 is 10.1 Å². The number of aryl methyl sites for hydroxylation is 1. The number of amides is 2. The van der Waals surface area contributed by atoms with E-state index in [2.05, 4.69) is 43.4 Å². The zero-order valence-corrected chi connectivity index (χ0v) is 24.7. The fourth-order valence-electron chi connectivity index (χ4n) is 9.07. The van der Waals surface area contributed by atoms with Crippen LogP contribution in [0.3, 0.4) is 0 Å². The number of piperidine rings is 1. The number of carbonyl (C=O) groups excluding carboxylic acids is 2. The lowest BCUT2D eigenvalue weighted by Crippen LogP contribution is -2.58. The first-order valence-corrected chi connectivity index (χ1v) is 16.4. The quantitative estimate of drug-likeness (QED) is 0.522. The van der Waals surface area contributed by atoms with E-state index in [1.165, 1.54) is 23.1 Å². The molecule has 1 aromatic rings. The number of nitrogens with one attached hydrogen (secondary N) is 2. The van der Waals surface area contributed by atoms with Gasteiger partial charge in [-0.1, -0.05) is 38.1 Å². The molecule has 5 aliphatic rings. The van der Waals surface area contributed by atoms with Crippen molar-refractivity contribution in [3.05, 3.63) is 35.4 Å². The number of benzene rings is 1. The molecule has 2 aliphatic heterocycles. The average Bonchev–Trinajstić information content (AvgIpc) is 3.61. The summed E-state index contributed by atoms with van der Waals surface area (Å²) in [5.41, 5.74) is 2.02. The number of ether oxygens (including phenoxy) is 1. The number of hydrogen-bond donors (Lipinski definition) is 2. The minimum absolute atomic E-state index is 0.00983. The van der Waals surface area contributed by atoms with Crippen molar-refractivity contribution >= 4 is 27.9 Å². The second kappa shape index (κ2) is 9.54. The van der Waals surface area contributed by atoms with Crippen molar-refractivity contribution in [2.75, 3.05) is 26.0 Å². The normalized spacial score (nSPS) is 32.4. The molecule has 40 heavy (non-hydrogen) atoms. The molecule has 0 radical (unpaired) electrons. The summed E-state index contributed by atoms with van der Waals surface area (Å²) in [6, 6.07) is 6.96. The molecule has 2 heterocycles. The molecule has 0 aromatic heterocycles. The summed E-state index contributed by atoms with van der Waals surface area (Å²) in [4.78, 5) is 27.0. The lowest BCUT2D eigenvalue weighted by Gasteiger charge is -2.45. The van der Waals surface area contributed by atoms with Crippen LogP contribution in [0.1, 0.15) is 76.3 Å². The van der Waals surface area contributed by atoms with Gasteiger partial charge in [0.25, 0.3) is 0 Å². The summed E-state index contributed by atoms with van der Waals surface area (Å²) in [5.74, 6) is -0.124. The van der Waals surface area contributed by atoms with Crippen LogP contribution in [0.5, 0.6) is 0 Å². The molecule has 2 saturated heterocycles. The van der Waals surface area contributed by atoms with E-state index in [1.54, 1.807) is 4.31 Å². The fourth-order valence-corrected chi connectivity index (χ4v) is 11.4. The second-order valence-corrected chi connectivity index (χ2v) is 15.3. The predicted molar refractivity (Wildman–Crippen MR) is 152 cm³/mol. The third kappa shape index (κ3) is 4.03. The van der Waals surface area contributed by atoms with Crippen LogP contribution in [-0.4, -0.2) is 73.5 Å².